The van der Waals surface area contributed by atoms with Gasteiger partial charge in [0.15, 0.2) is 0 Å². The molecule has 28 heavy (non-hydrogen) atoms. The molecule has 3 aromatic rings. The molecule has 8 heteroatoms. The summed E-state index contributed by atoms with van der Waals surface area (Å²) in [6, 6.07) is 17.8. The van der Waals surface area contributed by atoms with Gasteiger partial charge < -0.3 is 5.32 Å². The summed E-state index contributed by atoms with van der Waals surface area (Å²) in [6.07, 6.45) is 0.982. The third kappa shape index (κ3) is 4.92. The number of thioether (sulfide) groups is 1. The minimum atomic E-state index is -0.528. The lowest BCUT2D eigenvalue weighted by Crippen LogP contribution is -2.15. The van der Waals surface area contributed by atoms with Gasteiger partial charge in [0.1, 0.15) is 10.7 Å². The third-order valence-electron chi connectivity index (χ3n) is 4.02. The zero-order chi connectivity index (χ0) is 19.9. The minimum Gasteiger partial charge on any atom is -0.320 e. The summed E-state index contributed by atoms with van der Waals surface area (Å²) < 4.78 is 0. The van der Waals surface area contributed by atoms with Gasteiger partial charge in [0.25, 0.3) is 5.69 Å². The lowest BCUT2D eigenvalue weighted by Gasteiger charge is -2.06. The topological polar surface area (TPSA) is 98.0 Å². The summed E-state index contributed by atoms with van der Waals surface area (Å²) in [4.78, 5) is 22.6. The summed E-state index contributed by atoms with van der Waals surface area (Å²) in [5.74, 6) is -0.272. The molecule has 0 fully saturated rings. The van der Waals surface area contributed by atoms with Crippen molar-refractivity contribution in [1.82, 2.24) is 10.2 Å². The molecule has 0 aliphatic carbocycles. The zero-order valence-electron chi connectivity index (χ0n) is 15.2. The largest absolute Gasteiger partial charge is 0.320 e. The Kier molecular flexibility index (Phi) is 6.33. The van der Waals surface area contributed by atoms with Crippen molar-refractivity contribution in [2.24, 2.45) is 0 Å². The summed E-state index contributed by atoms with van der Waals surface area (Å²) in [7, 11) is 0. The van der Waals surface area contributed by atoms with Gasteiger partial charge in [-0.15, -0.1) is 10.2 Å². The van der Waals surface area contributed by atoms with Gasteiger partial charge in [0.2, 0.25) is 5.91 Å². The molecule has 0 saturated heterocycles. The van der Waals surface area contributed by atoms with Gasteiger partial charge in [-0.25, -0.2) is 0 Å². The van der Waals surface area contributed by atoms with Crippen LogP contribution in [0.2, 0.25) is 0 Å². The van der Waals surface area contributed by atoms with Gasteiger partial charge in [-0.1, -0.05) is 55.1 Å². The Labute approximate surface area is 166 Å². The zero-order valence-corrected chi connectivity index (χ0v) is 16.0. The fourth-order valence-corrected chi connectivity index (χ4v) is 3.14. The van der Waals surface area contributed by atoms with E-state index in [2.05, 4.69) is 34.6 Å². The van der Waals surface area contributed by atoms with Crippen LogP contribution in [0.1, 0.15) is 12.5 Å². The number of rotatable bonds is 7. The number of hydrogen-bond acceptors (Lipinski definition) is 6. The predicted molar refractivity (Wildman–Crippen MR) is 109 cm³/mol. The van der Waals surface area contributed by atoms with E-state index in [0.717, 1.165) is 17.7 Å². The lowest BCUT2D eigenvalue weighted by molar-refractivity contribution is -0.383. The molecule has 1 N–H and O–H groups in total. The number of nitro groups is 1. The van der Waals surface area contributed by atoms with E-state index in [1.54, 1.807) is 18.2 Å². The first kappa shape index (κ1) is 19.5. The van der Waals surface area contributed by atoms with Crippen molar-refractivity contribution in [3.05, 3.63) is 76.3 Å². The maximum Gasteiger partial charge on any atom is 0.292 e. The molecule has 3 rings (SSSR count). The highest BCUT2D eigenvalue weighted by atomic mass is 32.2. The Morgan fingerprint density at radius 2 is 1.82 bits per heavy atom. The number of carbonyl (C=O) groups is 1. The van der Waals surface area contributed by atoms with E-state index >= 15 is 0 Å². The first-order valence-electron chi connectivity index (χ1n) is 8.66. The molecule has 1 amide bonds. The van der Waals surface area contributed by atoms with E-state index in [-0.39, 0.29) is 23.0 Å². The van der Waals surface area contributed by atoms with Crippen LogP contribution in [0, 0.1) is 10.1 Å². The molecule has 2 aromatic carbocycles. The molecule has 0 aliphatic heterocycles. The summed E-state index contributed by atoms with van der Waals surface area (Å²) in [6.45, 7) is 2.10. The monoisotopic (exact) mass is 394 g/mol. The van der Waals surface area contributed by atoms with Crippen LogP contribution in [-0.4, -0.2) is 26.8 Å². The van der Waals surface area contributed by atoms with Crippen LogP contribution < -0.4 is 5.32 Å². The van der Waals surface area contributed by atoms with Gasteiger partial charge in [0.05, 0.1) is 16.4 Å². The highest BCUT2D eigenvalue weighted by molar-refractivity contribution is 7.99. The number of hydrogen-bond donors (Lipinski definition) is 1. The van der Waals surface area contributed by atoms with Crippen LogP contribution in [-0.2, 0) is 11.2 Å². The molecule has 1 heterocycles. The number of para-hydroxylation sites is 2. The van der Waals surface area contributed by atoms with Crippen LogP contribution in [0.25, 0.3) is 11.3 Å². The minimum absolute atomic E-state index is 0.0747. The second-order valence-electron chi connectivity index (χ2n) is 5.92. The number of amides is 1. The number of nitro benzene ring substituents is 1. The Bertz CT molecular complexity index is 976. The van der Waals surface area contributed by atoms with Gasteiger partial charge in [-0.05, 0) is 30.2 Å². The molecule has 142 valence electrons. The van der Waals surface area contributed by atoms with Crippen molar-refractivity contribution in [3.63, 3.8) is 0 Å². The highest BCUT2D eigenvalue weighted by Gasteiger charge is 2.15. The van der Waals surface area contributed by atoms with Crippen molar-refractivity contribution >= 4 is 29.0 Å². The SMILES string of the molecule is CCc1ccc(-c2ccc(SCC(=O)Nc3ccccc3[N+](=O)[O-])nn2)cc1. The number of anilines is 1. The number of nitrogens with zero attached hydrogens (tertiary/aromatic N) is 3. The van der Waals surface area contributed by atoms with Crippen molar-refractivity contribution < 1.29 is 9.72 Å². The first-order valence-corrected chi connectivity index (χ1v) is 9.64. The molecular formula is C20H18N4O3S. The van der Waals surface area contributed by atoms with Gasteiger partial charge in [0, 0.05) is 11.6 Å². The molecule has 0 atom stereocenters. The summed E-state index contributed by atoms with van der Waals surface area (Å²) >= 11 is 1.22. The summed E-state index contributed by atoms with van der Waals surface area (Å²) in [5, 5.41) is 22.5. The molecule has 0 spiro atoms. The Morgan fingerprint density at radius 1 is 1.07 bits per heavy atom. The first-order chi connectivity index (χ1) is 13.6. The van der Waals surface area contributed by atoms with Crippen LogP contribution in [0.5, 0.6) is 0 Å². The molecular weight excluding hydrogens is 376 g/mol. The molecule has 7 nitrogen and oxygen atoms in total. The van der Waals surface area contributed by atoms with E-state index in [9.17, 15) is 14.9 Å². The molecule has 0 aliphatic rings. The van der Waals surface area contributed by atoms with Gasteiger partial charge in [-0.3, -0.25) is 14.9 Å². The lowest BCUT2D eigenvalue weighted by atomic mass is 10.1. The number of benzene rings is 2. The van der Waals surface area contributed by atoms with Crippen LogP contribution in [0.3, 0.4) is 0 Å². The maximum absolute atomic E-state index is 12.1. The normalized spacial score (nSPS) is 10.5. The number of aromatic nitrogens is 2. The van der Waals surface area contributed by atoms with Crippen molar-refractivity contribution in [1.29, 1.82) is 0 Å². The molecule has 0 unspecified atom stereocenters. The average molecular weight is 394 g/mol. The quantitative estimate of drug-likeness (QED) is 0.363. The van der Waals surface area contributed by atoms with Crippen molar-refractivity contribution in [2.75, 3.05) is 11.1 Å². The maximum atomic E-state index is 12.1. The molecule has 1 aromatic heterocycles. The van der Waals surface area contributed by atoms with Gasteiger partial charge >= 0.3 is 0 Å². The van der Waals surface area contributed by atoms with Crippen LogP contribution >= 0.6 is 11.8 Å². The standard InChI is InChI=1S/C20H18N4O3S/c1-2-14-7-9-15(10-8-14)16-11-12-20(23-22-16)28-13-19(25)21-17-5-3-4-6-18(17)24(26)27/h3-12H,2,13H2,1H3,(H,21,25). The van der Waals surface area contributed by atoms with E-state index in [4.69, 9.17) is 0 Å². The Hall–Kier alpha value is -3.26. The Balaban J connectivity index is 1.59. The fourth-order valence-electron chi connectivity index (χ4n) is 2.53. The van der Waals surface area contributed by atoms with Crippen molar-refractivity contribution in [3.8, 4) is 11.3 Å². The number of aryl methyl sites for hydroxylation is 1. The average Bonchev–Trinajstić information content (AvgIpc) is 2.73. The third-order valence-corrected chi connectivity index (χ3v) is 4.94. The van der Waals surface area contributed by atoms with E-state index < -0.39 is 4.92 Å². The predicted octanol–water partition coefficient (Wildman–Crippen LogP) is 4.35. The molecule has 0 saturated carbocycles. The molecule has 0 radical (unpaired) electrons. The van der Waals surface area contributed by atoms with Crippen LogP contribution in [0.4, 0.5) is 11.4 Å². The Morgan fingerprint density at radius 3 is 2.46 bits per heavy atom. The smallest absolute Gasteiger partial charge is 0.292 e. The van der Waals surface area contributed by atoms with Crippen molar-refractivity contribution in [2.45, 2.75) is 18.4 Å². The number of nitrogens with one attached hydrogen (secondary N) is 1. The van der Waals surface area contributed by atoms with E-state index in [1.165, 1.54) is 29.5 Å². The second-order valence-corrected chi connectivity index (χ2v) is 6.91. The van der Waals surface area contributed by atoms with Crippen LogP contribution in [0.15, 0.2) is 65.7 Å². The summed E-state index contributed by atoms with van der Waals surface area (Å²) in [5.41, 5.74) is 3.04. The second kappa shape index (κ2) is 9.09. The fraction of sp³-hybridized carbons (Fsp3) is 0.150. The van der Waals surface area contributed by atoms with E-state index in [0.29, 0.717) is 5.03 Å². The highest BCUT2D eigenvalue weighted by Crippen LogP contribution is 2.24. The van der Waals surface area contributed by atoms with Gasteiger partial charge in [-0.2, -0.15) is 0 Å². The van der Waals surface area contributed by atoms with E-state index in [1.807, 2.05) is 18.2 Å². The number of carbonyl (C=O) groups excluding carboxylic acids is 1. The molecule has 0 bridgehead atoms.